The summed E-state index contributed by atoms with van der Waals surface area (Å²) in [6.07, 6.45) is 2.20. The van der Waals surface area contributed by atoms with Crippen LogP contribution in [0.1, 0.15) is 26.2 Å². The molecule has 2 amide bonds. The Bertz CT molecular complexity index is 304. The molecule has 1 unspecified atom stereocenters. The van der Waals surface area contributed by atoms with Crippen LogP contribution >= 0.6 is 0 Å². The zero-order valence-electron chi connectivity index (χ0n) is 9.95. The van der Waals surface area contributed by atoms with E-state index in [9.17, 15) is 14.4 Å². The quantitative estimate of drug-likeness (QED) is 0.508. The SMILES string of the molecule is CCCCNC(=O)C(=O)NC1CCOCC1=O. The third kappa shape index (κ3) is 4.52. The van der Waals surface area contributed by atoms with Gasteiger partial charge in [-0.2, -0.15) is 0 Å². The first-order chi connectivity index (χ1) is 8.15. The average Bonchev–Trinajstić information content (AvgIpc) is 2.32. The number of nitrogens with one attached hydrogen (secondary N) is 2. The number of carbonyl (C=O) groups excluding carboxylic acids is 3. The molecule has 0 aromatic carbocycles. The maximum Gasteiger partial charge on any atom is 0.309 e. The summed E-state index contributed by atoms with van der Waals surface area (Å²) in [5.41, 5.74) is 0. The van der Waals surface area contributed by atoms with Gasteiger partial charge in [0.15, 0.2) is 5.78 Å². The van der Waals surface area contributed by atoms with Gasteiger partial charge in [-0.05, 0) is 12.8 Å². The van der Waals surface area contributed by atoms with Crippen LogP contribution in [0.2, 0.25) is 0 Å². The van der Waals surface area contributed by atoms with Crippen LogP contribution in [0.4, 0.5) is 0 Å². The van der Waals surface area contributed by atoms with Crippen molar-refractivity contribution in [2.45, 2.75) is 32.2 Å². The monoisotopic (exact) mass is 242 g/mol. The highest BCUT2D eigenvalue weighted by molar-refractivity contribution is 6.35. The van der Waals surface area contributed by atoms with Crippen LogP contribution in [-0.4, -0.2) is 43.4 Å². The number of Topliss-reactive ketones (excluding diaryl/α,β-unsaturated/α-hetero) is 1. The predicted octanol–water partition coefficient (Wildman–Crippen LogP) is -0.623. The van der Waals surface area contributed by atoms with E-state index in [1.54, 1.807) is 0 Å². The highest BCUT2D eigenvalue weighted by Crippen LogP contribution is 2.02. The van der Waals surface area contributed by atoms with E-state index in [0.717, 1.165) is 12.8 Å². The summed E-state index contributed by atoms with van der Waals surface area (Å²) < 4.78 is 4.93. The Kier molecular flexibility index (Phi) is 5.62. The lowest BCUT2D eigenvalue weighted by Gasteiger charge is -2.21. The summed E-state index contributed by atoms with van der Waals surface area (Å²) in [5.74, 6) is -1.62. The third-order valence-electron chi connectivity index (χ3n) is 2.51. The molecule has 6 heteroatoms. The standard InChI is InChI=1S/C11H18N2O4/c1-2-3-5-12-10(15)11(16)13-8-4-6-17-7-9(8)14/h8H,2-7H2,1H3,(H,12,15)(H,13,16). The zero-order valence-corrected chi connectivity index (χ0v) is 9.95. The van der Waals surface area contributed by atoms with Crippen molar-refractivity contribution in [1.82, 2.24) is 10.6 Å². The van der Waals surface area contributed by atoms with Crippen molar-refractivity contribution in [2.75, 3.05) is 19.8 Å². The second-order valence-corrected chi connectivity index (χ2v) is 3.94. The van der Waals surface area contributed by atoms with Gasteiger partial charge in [0.05, 0.1) is 6.04 Å². The van der Waals surface area contributed by atoms with Crippen LogP contribution in [0, 0.1) is 0 Å². The van der Waals surface area contributed by atoms with Gasteiger partial charge in [-0.25, -0.2) is 0 Å². The van der Waals surface area contributed by atoms with Gasteiger partial charge in [-0.1, -0.05) is 13.3 Å². The minimum Gasteiger partial charge on any atom is -0.374 e. The molecule has 1 fully saturated rings. The smallest absolute Gasteiger partial charge is 0.309 e. The fourth-order valence-corrected chi connectivity index (χ4v) is 1.47. The van der Waals surface area contributed by atoms with E-state index in [1.165, 1.54) is 0 Å². The zero-order chi connectivity index (χ0) is 12.7. The molecule has 0 bridgehead atoms. The van der Waals surface area contributed by atoms with Gasteiger partial charge >= 0.3 is 11.8 Å². The van der Waals surface area contributed by atoms with Crippen molar-refractivity contribution in [2.24, 2.45) is 0 Å². The summed E-state index contributed by atoms with van der Waals surface area (Å²) in [5, 5.41) is 4.91. The lowest BCUT2D eigenvalue weighted by Crippen LogP contribution is -2.50. The topological polar surface area (TPSA) is 84.5 Å². The van der Waals surface area contributed by atoms with Crippen LogP contribution in [0.25, 0.3) is 0 Å². The molecule has 1 rings (SSSR count). The van der Waals surface area contributed by atoms with Crippen LogP contribution in [-0.2, 0) is 19.1 Å². The maximum absolute atomic E-state index is 11.4. The summed E-state index contributed by atoms with van der Waals surface area (Å²) in [6, 6.07) is -0.590. The van der Waals surface area contributed by atoms with E-state index < -0.39 is 17.9 Å². The number of carbonyl (C=O) groups is 3. The van der Waals surface area contributed by atoms with Gasteiger partial charge in [-0.15, -0.1) is 0 Å². The third-order valence-corrected chi connectivity index (χ3v) is 2.51. The molecule has 0 saturated carbocycles. The molecule has 1 heterocycles. The largest absolute Gasteiger partial charge is 0.374 e. The van der Waals surface area contributed by atoms with Crippen molar-refractivity contribution < 1.29 is 19.1 Å². The summed E-state index contributed by atoms with van der Waals surface area (Å²) >= 11 is 0. The number of unbranched alkanes of at least 4 members (excludes halogenated alkanes) is 1. The molecular formula is C11H18N2O4. The van der Waals surface area contributed by atoms with E-state index in [4.69, 9.17) is 4.74 Å². The van der Waals surface area contributed by atoms with Gasteiger partial charge < -0.3 is 15.4 Å². The van der Waals surface area contributed by atoms with Gasteiger partial charge in [0.25, 0.3) is 0 Å². The summed E-state index contributed by atoms with van der Waals surface area (Å²) in [7, 11) is 0. The van der Waals surface area contributed by atoms with Crippen LogP contribution < -0.4 is 10.6 Å². The van der Waals surface area contributed by atoms with Crippen LogP contribution in [0.5, 0.6) is 0 Å². The van der Waals surface area contributed by atoms with Crippen LogP contribution in [0.15, 0.2) is 0 Å². The molecule has 96 valence electrons. The second kappa shape index (κ2) is 7.01. The molecule has 1 atom stereocenters. The number of hydrogen-bond acceptors (Lipinski definition) is 4. The normalized spacial score (nSPS) is 19.8. The van der Waals surface area contributed by atoms with E-state index in [-0.39, 0.29) is 12.4 Å². The van der Waals surface area contributed by atoms with E-state index in [2.05, 4.69) is 10.6 Å². The molecule has 1 aliphatic heterocycles. The first-order valence-electron chi connectivity index (χ1n) is 5.84. The van der Waals surface area contributed by atoms with Gasteiger partial charge in [0, 0.05) is 13.2 Å². The highest BCUT2D eigenvalue weighted by Gasteiger charge is 2.26. The molecule has 0 radical (unpaired) electrons. The van der Waals surface area contributed by atoms with E-state index in [1.807, 2.05) is 6.92 Å². The number of amides is 2. The number of ketones is 1. The molecule has 1 saturated heterocycles. The Hall–Kier alpha value is -1.43. The molecule has 6 nitrogen and oxygen atoms in total. The van der Waals surface area contributed by atoms with Crippen LogP contribution in [0.3, 0.4) is 0 Å². The number of ether oxygens (including phenoxy) is 1. The van der Waals surface area contributed by atoms with Crippen molar-refractivity contribution >= 4 is 17.6 Å². The predicted molar refractivity (Wildman–Crippen MR) is 60.3 cm³/mol. The second-order valence-electron chi connectivity index (χ2n) is 3.94. The summed E-state index contributed by atoms with van der Waals surface area (Å²) in [6.45, 7) is 2.90. The minimum absolute atomic E-state index is 0.00238. The lowest BCUT2D eigenvalue weighted by atomic mass is 10.1. The lowest BCUT2D eigenvalue weighted by molar-refractivity contribution is -0.142. The fraction of sp³-hybridized carbons (Fsp3) is 0.727. The first kappa shape index (κ1) is 13.6. The number of rotatable bonds is 4. The molecule has 2 N–H and O–H groups in total. The van der Waals surface area contributed by atoms with E-state index in [0.29, 0.717) is 19.6 Å². The summed E-state index contributed by atoms with van der Waals surface area (Å²) in [4.78, 5) is 34.1. The van der Waals surface area contributed by atoms with Crippen molar-refractivity contribution in [1.29, 1.82) is 0 Å². The Morgan fingerprint density at radius 2 is 2.18 bits per heavy atom. The Balaban J connectivity index is 2.32. The molecule has 17 heavy (non-hydrogen) atoms. The van der Waals surface area contributed by atoms with Crippen molar-refractivity contribution in [3.63, 3.8) is 0 Å². The van der Waals surface area contributed by atoms with Gasteiger partial charge in [-0.3, -0.25) is 14.4 Å². The first-order valence-corrected chi connectivity index (χ1v) is 5.84. The van der Waals surface area contributed by atoms with E-state index >= 15 is 0 Å². The Labute approximate surface area is 100 Å². The molecule has 0 spiro atoms. The highest BCUT2D eigenvalue weighted by atomic mass is 16.5. The van der Waals surface area contributed by atoms with Crippen molar-refractivity contribution in [3.05, 3.63) is 0 Å². The fourth-order valence-electron chi connectivity index (χ4n) is 1.47. The molecular weight excluding hydrogens is 224 g/mol. The minimum atomic E-state index is -0.749. The van der Waals surface area contributed by atoms with Gasteiger partial charge in [0.2, 0.25) is 0 Å². The maximum atomic E-state index is 11.4. The molecule has 0 aliphatic carbocycles. The van der Waals surface area contributed by atoms with Crippen molar-refractivity contribution in [3.8, 4) is 0 Å². The molecule has 0 aromatic rings. The molecule has 0 aromatic heterocycles. The molecule has 1 aliphatic rings. The average molecular weight is 242 g/mol. The Morgan fingerprint density at radius 3 is 2.82 bits per heavy atom. The van der Waals surface area contributed by atoms with Gasteiger partial charge in [0.1, 0.15) is 6.61 Å². The number of hydrogen-bond donors (Lipinski definition) is 2. The Morgan fingerprint density at radius 1 is 1.41 bits per heavy atom.